The molecule has 0 spiro atoms. The average molecular weight is 545 g/mol. The molecule has 3 aromatic rings. The Balaban J connectivity index is 1.34. The topological polar surface area (TPSA) is 104 Å². The Morgan fingerprint density at radius 3 is 2.42 bits per heavy atom. The number of nitrogens with one attached hydrogen (secondary N) is 1. The van der Waals surface area contributed by atoms with E-state index in [9.17, 15) is 18.3 Å². The fraction of sp³-hybridized carbons (Fsp3) is 0.464. The number of halogens is 2. The Labute approximate surface area is 219 Å². The minimum atomic E-state index is -3.83. The van der Waals surface area contributed by atoms with Crippen molar-refractivity contribution in [2.45, 2.75) is 74.3 Å². The Morgan fingerprint density at radius 1 is 1.08 bits per heavy atom. The van der Waals surface area contributed by atoms with E-state index in [4.69, 9.17) is 4.42 Å². The maximum absolute atomic E-state index is 15.7. The fourth-order valence-corrected chi connectivity index (χ4v) is 8.70. The summed E-state index contributed by atoms with van der Waals surface area (Å²) in [6.45, 7) is 1.48. The SMILES string of the molecule is C[C@H]1CC[C@H](c2ccccc2)S(=O)(=O)N1Cc1cc(F)c(C2(c3c[nH]c(=O)o3)CC(O)(C3CC3)C2)cc1F. The van der Waals surface area contributed by atoms with Crippen LogP contribution in [0.4, 0.5) is 8.78 Å². The van der Waals surface area contributed by atoms with E-state index in [1.165, 1.54) is 10.5 Å². The predicted octanol–water partition coefficient (Wildman–Crippen LogP) is 4.52. The monoisotopic (exact) mass is 544 g/mol. The number of H-pyrrole nitrogens is 1. The summed E-state index contributed by atoms with van der Waals surface area (Å²) in [5, 5.41) is 10.3. The first kappa shape index (κ1) is 25.5. The van der Waals surface area contributed by atoms with Crippen LogP contribution in [0.25, 0.3) is 0 Å². The van der Waals surface area contributed by atoms with E-state index in [0.717, 1.165) is 25.0 Å². The molecule has 7 nitrogen and oxygen atoms in total. The number of hydrogen-bond acceptors (Lipinski definition) is 5. The molecular weight excluding hydrogens is 514 g/mol. The van der Waals surface area contributed by atoms with Gasteiger partial charge in [0.25, 0.3) is 0 Å². The van der Waals surface area contributed by atoms with Crippen LogP contribution >= 0.6 is 0 Å². The lowest BCUT2D eigenvalue weighted by Crippen LogP contribution is -2.57. The number of aliphatic hydroxyl groups is 1. The second-order valence-corrected chi connectivity index (χ2v) is 13.3. The third-order valence-electron chi connectivity index (χ3n) is 8.72. The van der Waals surface area contributed by atoms with Gasteiger partial charge in [-0.3, -0.25) is 4.98 Å². The zero-order chi connectivity index (χ0) is 26.9. The van der Waals surface area contributed by atoms with Crippen LogP contribution in [0.5, 0.6) is 0 Å². The molecule has 2 N–H and O–H groups in total. The largest absolute Gasteiger partial charge is 0.416 e. The molecule has 6 rings (SSSR count). The van der Waals surface area contributed by atoms with Crippen molar-refractivity contribution in [3.8, 4) is 0 Å². The Hall–Kier alpha value is -2.82. The van der Waals surface area contributed by atoms with Crippen molar-refractivity contribution in [3.63, 3.8) is 0 Å². The second kappa shape index (κ2) is 8.86. The molecule has 0 radical (unpaired) electrons. The summed E-state index contributed by atoms with van der Waals surface area (Å²) in [6, 6.07) is 10.7. The number of aromatic amines is 1. The number of benzene rings is 2. The fourth-order valence-electron chi connectivity index (χ4n) is 6.51. The lowest BCUT2D eigenvalue weighted by Gasteiger charge is -2.53. The van der Waals surface area contributed by atoms with Crippen LogP contribution in [0.15, 0.2) is 57.9 Å². The van der Waals surface area contributed by atoms with Gasteiger partial charge in [-0.05, 0) is 69.1 Å². The van der Waals surface area contributed by atoms with E-state index in [-0.39, 0.29) is 48.2 Å². The molecule has 1 aliphatic heterocycles. The first-order valence-corrected chi connectivity index (χ1v) is 14.5. The van der Waals surface area contributed by atoms with Gasteiger partial charge in [0.05, 0.1) is 11.0 Å². The molecular formula is C28H30F2N2O5S. The highest BCUT2D eigenvalue weighted by Crippen LogP contribution is 2.62. The molecule has 0 unspecified atom stereocenters. The Morgan fingerprint density at radius 2 is 1.79 bits per heavy atom. The van der Waals surface area contributed by atoms with Gasteiger partial charge in [-0.1, -0.05) is 30.3 Å². The second-order valence-electron chi connectivity index (χ2n) is 11.2. The van der Waals surface area contributed by atoms with Gasteiger partial charge in [0.2, 0.25) is 10.0 Å². The molecule has 10 heteroatoms. The maximum Gasteiger partial charge on any atom is 0.416 e. The summed E-state index contributed by atoms with van der Waals surface area (Å²) in [4.78, 5) is 14.2. The van der Waals surface area contributed by atoms with Crippen LogP contribution in [0.2, 0.25) is 0 Å². The van der Waals surface area contributed by atoms with Gasteiger partial charge in [0, 0.05) is 29.9 Å². The molecule has 3 fully saturated rings. The van der Waals surface area contributed by atoms with Gasteiger partial charge in [0.1, 0.15) is 22.6 Å². The molecule has 0 bridgehead atoms. The highest BCUT2D eigenvalue weighted by molar-refractivity contribution is 7.89. The van der Waals surface area contributed by atoms with E-state index in [0.29, 0.717) is 18.4 Å². The number of oxazole rings is 1. The average Bonchev–Trinajstić information content (AvgIpc) is 3.63. The highest BCUT2D eigenvalue weighted by atomic mass is 32.2. The zero-order valence-corrected chi connectivity index (χ0v) is 21.8. The van der Waals surface area contributed by atoms with Gasteiger partial charge in [-0.25, -0.2) is 22.0 Å². The normalized spacial score (nSPS) is 31.2. The lowest BCUT2D eigenvalue weighted by molar-refractivity contribution is -0.101. The molecule has 2 atom stereocenters. The third-order valence-corrected chi connectivity index (χ3v) is 11.1. The molecule has 2 saturated carbocycles. The summed E-state index contributed by atoms with van der Waals surface area (Å²) in [7, 11) is -3.83. The van der Waals surface area contributed by atoms with E-state index in [1.807, 2.05) is 6.07 Å². The summed E-state index contributed by atoms with van der Waals surface area (Å²) < 4.78 is 65.0. The van der Waals surface area contributed by atoms with Crippen molar-refractivity contribution in [1.82, 2.24) is 9.29 Å². The quantitative estimate of drug-likeness (QED) is 0.475. The van der Waals surface area contributed by atoms with Crippen LogP contribution in [0.1, 0.15) is 73.1 Å². The Bertz CT molecular complexity index is 1520. The number of hydrogen-bond donors (Lipinski definition) is 2. The lowest BCUT2D eigenvalue weighted by atomic mass is 9.53. The molecule has 38 heavy (non-hydrogen) atoms. The van der Waals surface area contributed by atoms with Gasteiger partial charge >= 0.3 is 5.76 Å². The van der Waals surface area contributed by atoms with Gasteiger partial charge in [-0.15, -0.1) is 0 Å². The molecule has 1 saturated heterocycles. The summed E-state index contributed by atoms with van der Waals surface area (Å²) in [5.41, 5.74) is -1.62. The predicted molar refractivity (Wildman–Crippen MR) is 136 cm³/mol. The third kappa shape index (κ3) is 4.04. The van der Waals surface area contributed by atoms with Crippen LogP contribution in [-0.2, 0) is 22.0 Å². The van der Waals surface area contributed by atoms with E-state index < -0.39 is 43.7 Å². The summed E-state index contributed by atoms with van der Waals surface area (Å²) in [5.74, 6) is -1.95. The van der Waals surface area contributed by atoms with E-state index >= 15 is 8.78 Å². The van der Waals surface area contributed by atoms with E-state index in [1.54, 1.807) is 31.2 Å². The number of aromatic nitrogens is 1. The van der Waals surface area contributed by atoms with Gasteiger partial charge < -0.3 is 9.52 Å². The maximum atomic E-state index is 15.7. The molecule has 2 aliphatic carbocycles. The van der Waals surface area contributed by atoms with Gasteiger partial charge in [0.15, 0.2) is 0 Å². The Kier molecular flexibility index (Phi) is 5.93. The molecule has 2 heterocycles. The molecule has 2 aromatic carbocycles. The molecule has 3 aliphatic rings. The standard InChI is InChI=1S/C28H30F2N2O5S/c1-17-7-10-24(18-5-3-2-4-6-18)38(35,36)32(17)14-19-11-23(30)21(12-22(19)29)27(25-13-31-26(33)37-25)15-28(34,16-27)20-8-9-20/h2-6,11-13,17,20,24,34H,7-10,14-16H2,1H3,(H,31,33)/t17-,24+,27?,28?/m0/s1. The smallest absolute Gasteiger partial charge is 0.412 e. The highest BCUT2D eigenvalue weighted by Gasteiger charge is 2.63. The minimum Gasteiger partial charge on any atom is -0.412 e. The summed E-state index contributed by atoms with van der Waals surface area (Å²) >= 11 is 0. The van der Waals surface area contributed by atoms with Crippen LogP contribution in [0, 0.1) is 17.6 Å². The summed E-state index contributed by atoms with van der Waals surface area (Å²) in [6.07, 6.45) is 4.34. The molecule has 0 amide bonds. The first-order chi connectivity index (χ1) is 18.0. The van der Waals surface area contributed by atoms with Crippen molar-refractivity contribution in [1.29, 1.82) is 0 Å². The minimum absolute atomic E-state index is 0.0106. The van der Waals surface area contributed by atoms with Crippen molar-refractivity contribution in [2.24, 2.45) is 5.92 Å². The van der Waals surface area contributed by atoms with Crippen molar-refractivity contribution >= 4 is 10.0 Å². The van der Waals surface area contributed by atoms with Crippen molar-refractivity contribution < 1.29 is 26.7 Å². The number of rotatable bonds is 6. The number of sulfonamides is 1. The molecule has 202 valence electrons. The number of nitrogens with zero attached hydrogens (tertiary/aromatic N) is 1. The zero-order valence-electron chi connectivity index (χ0n) is 21.0. The van der Waals surface area contributed by atoms with Gasteiger partial charge in [-0.2, -0.15) is 4.31 Å². The van der Waals surface area contributed by atoms with Crippen LogP contribution < -0.4 is 5.76 Å². The van der Waals surface area contributed by atoms with Crippen molar-refractivity contribution in [2.75, 3.05) is 0 Å². The van der Waals surface area contributed by atoms with Crippen LogP contribution in [-0.4, -0.2) is 34.5 Å². The van der Waals surface area contributed by atoms with Crippen LogP contribution in [0.3, 0.4) is 0 Å². The van der Waals surface area contributed by atoms with E-state index in [2.05, 4.69) is 4.98 Å². The first-order valence-electron chi connectivity index (χ1n) is 13.0. The van der Waals surface area contributed by atoms with Crippen molar-refractivity contribution in [3.05, 3.63) is 93.3 Å². The molecule has 1 aromatic heterocycles.